The van der Waals surface area contributed by atoms with E-state index in [9.17, 15) is 0 Å². The maximum absolute atomic E-state index is 4.76. The van der Waals surface area contributed by atoms with Crippen LogP contribution in [0.25, 0.3) is 15.0 Å². The van der Waals surface area contributed by atoms with Crippen LogP contribution < -0.4 is 0 Å². The monoisotopic (exact) mass is 377 g/mol. The molecule has 0 aliphatic rings. The molecule has 0 unspecified atom stereocenters. The summed E-state index contributed by atoms with van der Waals surface area (Å²) in [7, 11) is 0. The van der Waals surface area contributed by atoms with Gasteiger partial charge in [0, 0.05) is 18.2 Å². The van der Waals surface area contributed by atoms with E-state index in [1.54, 1.807) is 22.9 Å². The second-order valence-corrected chi connectivity index (χ2v) is 8.06. The molecule has 0 fully saturated rings. The summed E-state index contributed by atoms with van der Waals surface area (Å²) in [6.07, 6.45) is 1.46. The molecule has 0 saturated carbocycles. The lowest BCUT2D eigenvalue weighted by Gasteiger charge is -2.02. The zero-order chi connectivity index (χ0) is 17.5. The lowest BCUT2D eigenvalue weighted by atomic mass is 10.1. The highest BCUT2D eigenvalue weighted by atomic mass is 32.1. The van der Waals surface area contributed by atoms with Crippen molar-refractivity contribution in [2.24, 2.45) is 0 Å². The molecule has 5 rings (SSSR count). The predicted molar refractivity (Wildman–Crippen MR) is 105 cm³/mol. The van der Waals surface area contributed by atoms with Gasteiger partial charge in [0.05, 0.1) is 10.4 Å². The van der Waals surface area contributed by atoms with Crippen molar-refractivity contribution in [3.05, 3.63) is 76.2 Å². The highest BCUT2D eigenvalue weighted by molar-refractivity contribution is 7.16. The summed E-state index contributed by atoms with van der Waals surface area (Å²) >= 11 is 3.12. The van der Waals surface area contributed by atoms with Crippen LogP contribution in [0.4, 0.5) is 0 Å². The van der Waals surface area contributed by atoms with Crippen molar-refractivity contribution in [1.82, 2.24) is 24.2 Å². The van der Waals surface area contributed by atoms with Gasteiger partial charge < -0.3 is 0 Å². The molecule has 7 heteroatoms. The SMILES string of the molecule is Cc1ccccc1Cc1nnc2sc(Cc3nsc4ccccc34)nn12. The number of aromatic nitrogens is 5. The first kappa shape index (κ1) is 15.6. The summed E-state index contributed by atoms with van der Waals surface area (Å²) in [5.41, 5.74) is 3.59. The van der Waals surface area contributed by atoms with E-state index in [0.717, 1.165) is 34.3 Å². The van der Waals surface area contributed by atoms with Crippen LogP contribution in [-0.2, 0) is 12.8 Å². The smallest absolute Gasteiger partial charge is 0.196 e. The number of benzene rings is 2. The van der Waals surface area contributed by atoms with E-state index in [1.165, 1.54) is 21.2 Å². The van der Waals surface area contributed by atoms with E-state index >= 15 is 0 Å². The Kier molecular flexibility index (Phi) is 3.76. The largest absolute Gasteiger partial charge is 0.234 e. The number of nitrogens with zero attached hydrogens (tertiary/aromatic N) is 5. The third kappa shape index (κ3) is 2.69. The van der Waals surface area contributed by atoms with Gasteiger partial charge in [-0.3, -0.25) is 0 Å². The predicted octanol–water partition coefficient (Wildman–Crippen LogP) is 4.29. The van der Waals surface area contributed by atoms with Crippen molar-refractivity contribution in [3.63, 3.8) is 0 Å². The van der Waals surface area contributed by atoms with Crippen LogP contribution in [0.5, 0.6) is 0 Å². The minimum absolute atomic E-state index is 0.724. The lowest BCUT2D eigenvalue weighted by molar-refractivity contribution is 0.827. The first-order valence-corrected chi connectivity index (χ1v) is 9.95. The molecular formula is C19H15N5S2. The summed E-state index contributed by atoms with van der Waals surface area (Å²) in [5.74, 6) is 0.875. The highest BCUT2D eigenvalue weighted by Gasteiger charge is 2.15. The molecular weight excluding hydrogens is 362 g/mol. The van der Waals surface area contributed by atoms with Crippen LogP contribution in [0.1, 0.15) is 27.7 Å². The molecule has 0 atom stereocenters. The van der Waals surface area contributed by atoms with Crippen molar-refractivity contribution in [2.45, 2.75) is 19.8 Å². The fraction of sp³-hybridized carbons (Fsp3) is 0.158. The number of rotatable bonds is 4. The number of fused-ring (bicyclic) bond motifs is 2. The van der Waals surface area contributed by atoms with Crippen molar-refractivity contribution >= 4 is 37.9 Å². The maximum Gasteiger partial charge on any atom is 0.234 e. The number of hydrogen-bond donors (Lipinski definition) is 0. The molecule has 0 spiro atoms. The number of hydrogen-bond acceptors (Lipinski definition) is 6. The molecule has 0 aliphatic carbocycles. The Morgan fingerprint density at radius 3 is 2.73 bits per heavy atom. The molecule has 0 radical (unpaired) electrons. The van der Waals surface area contributed by atoms with Crippen LogP contribution in [-0.4, -0.2) is 24.2 Å². The zero-order valence-corrected chi connectivity index (χ0v) is 15.7. The molecule has 128 valence electrons. The van der Waals surface area contributed by atoms with E-state index in [4.69, 9.17) is 5.10 Å². The minimum atomic E-state index is 0.724. The van der Waals surface area contributed by atoms with Crippen LogP contribution >= 0.6 is 22.9 Å². The van der Waals surface area contributed by atoms with Gasteiger partial charge in [-0.15, -0.1) is 10.2 Å². The van der Waals surface area contributed by atoms with Gasteiger partial charge >= 0.3 is 0 Å². The molecule has 2 aromatic carbocycles. The summed E-state index contributed by atoms with van der Waals surface area (Å²) in [5, 5.41) is 15.6. The van der Waals surface area contributed by atoms with E-state index in [2.05, 4.69) is 64.0 Å². The molecule has 5 aromatic rings. The van der Waals surface area contributed by atoms with Crippen molar-refractivity contribution in [1.29, 1.82) is 0 Å². The first-order valence-electron chi connectivity index (χ1n) is 8.36. The Labute approximate surface area is 158 Å². The molecule has 3 aromatic heterocycles. The van der Waals surface area contributed by atoms with E-state index < -0.39 is 0 Å². The molecule has 0 amide bonds. The standard InChI is InChI=1S/C19H15N5S2/c1-12-6-2-3-7-13(12)10-17-20-21-19-24(17)22-18(25-19)11-15-14-8-4-5-9-16(14)26-23-15/h2-9H,10-11H2,1H3. The van der Waals surface area contributed by atoms with E-state index in [-0.39, 0.29) is 0 Å². The Bertz CT molecular complexity index is 1220. The van der Waals surface area contributed by atoms with Crippen molar-refractivity contribution in [2.75, 3.05) is 0 Å². The van der Waals surface area contributed by atoms with E-state index in [1.807, 2.05) is 10.6 Å². The summed E-state index contributed by atoms with van der Waals surface area (Å²) in [4.78, 5) is 0.836. The van der Waals surface area contributed by atoms with Gasteiger partial charge in [-0.05, 0) is 35.6 Å². The highest BCUT2D eigenvalue weighted by Crippen LogP contribution is 2.26. The van der Waals surface area contributed by atoms with Gasteiger partial charge in [0.15, 0.2) is 5.82 Å². The molecule has 0 N–H and O–H groups in total. The average Bonchev–Trinajstić information content (AvgIpc) is 3.34. The fourth-order valence-electron chi connectivity index (χ4n) is 3.07. The first-order chi connectivity index (χ1) is 12.8. The topological polar surface area (TPSA) is 56.0 Å². The van der Waals surface area contributed by atoms with Crippen molar-refractivity contribution < 1.29 is 0 Å². The lowest BCUT2D eigenvalue weighted by Crippen LogP contribution is -2.00. The van der Waals surface area contributed by atoms with Gasteiger partial charge in [0.1, 0.15) is 5.01 Å². The average molecular weight is 377 g/mol. The molecule has 0 saturated heterocycles. The second-order valence-electron chi connectivity index (χ2n) is 6.21. The molecule has 26 heavy (non-hydrogen) atoms. The quantitative estimate of drug-likeness (QED) is 0.469. The van der Waals surface area contributed by atoms with Gasteiger partial charge in [-0.1, -0.05) is 53.8 Å². The minimum Gasteiger partial charge on any atom is -0.196 e. The number of aryl methyl sites for hydroxylation is 1. The van der Waals surface area contributed by atoms with Gasteiger partial charge in [0.2, 0.25) is 4.96 Å². The van der Waals surface area contributed by atoms with E-state index in [0.29, 0.717) is 0 Å². The third-order valence-corrected chi connectivity index (χ3v) is 6.24. The Hall–Kier alpha value is -2.64. The molecule has 0 bridgehead atoms. The zero-order valence-electron chi connectivity index (χ0n) is 14.1. The van der Waals surface area contributed by atoms with Crippen LogP contribution in [0, 0.1) is 6.92 Å². The van der Waals surface area contributed by atoms with Crippen LogP contribution in [0.15, 0.2) is 48.5 Å². The maximum atomic E-state index is 4.76. The summed E-state index contributed by atoms with van der Waals surface area (Å²) in [6.45, 7) is 2.12. The molecule has 0 aliphatic heterocycles. The second kappa shape index (κ2) is 6.26. The van der Waals surface area contributed by atoms with Gasteiger partial charge in [-0.25, -0.2) is 0 Å². The Morgan fingerprint density at radius 2 is 1.81 bits per heavy atom. The van der Waals surface area contributed by atoms with Crippen LogP contribution in [0.2, 0.25) is 0 Å². The normalized spacial score (nSPS) is 11.6. The Balaban J connectivity index is 1.47. The van der Waals surface area contributed by atoms with Crippen LogP contribution in [0.3, 0.4) is 0 Å². The summed E-state index contributed by atoms with van der Waals surface area (Å²) in [6, 6.07) is 16.7. The van der Waals surface area contributed by atoms with Gasteiger partial charge in [-0.2, -0.15) is 14.0 Å². The third-order valence-electron chi connectivity index (χ3n) is 4.48. The summed E-state index contributed by atoms with van der Waals surface area (Å²) < 4.78 is 7.70. The molecule has 3 heterocycles. The van der Waals surface area contributed by atoms with Gasteiger partial charge in [0.25, 0.3) is 0 Å². The molecule has 5 nitrogen and oxygen atoms in total. The fourth-order valence-corrected chi connectivity index (χ4v) is 4.72. The van der Waals surface area contributed by atoms with Crippen molar-refractivity contribution in [3.8, 4) is 0 Å². The Morgan fingerprint density at radius 1 is 0.962 bits per heavy atom.